The van der Waals surface area contributed by atoms with Crippen LogP contribution < -0.4 is 10.1 Å². The first-order valence-corrected chi connectivity index (χ1v) is 8.79. The van der Waals surface area contributed by atoms with Gasteiger partial charge in [0, 0.05) is 17.5 Å². The van der Waals surface area contributed by atoms with Crippen molar-refractivity contribution < 1.29 is 9.13 Å². The van der Waals surface area contributed by atoms with Gasteiger partial charge in [-0.25, -0.2) is 19.3 Å². The van der Waals surface area contributed by atoms with Crippen LogP contribution in [0.5, 0.6) is 5.88 Å². The molecule has 0 amide bonds. The Morgan fingerprint density at radius 1 is 1.23 bits per heavy atom. The second-order valence-electron chi connectivity index (χ2n) is 6.78. The number of hydrogen-bond donors (Lipinski definition) is 1. The number of anilines is 1. The van der Waals surface area contributed by atoms with Crippen molar-refractivity contribution in [1.82, 2.24) is 15.0 Å². The molecule has 0 bridgehead atoms. The number of methoxy groups -OCH3 is 1. The Morgan fingerprint density at radius 2 is 2.04 bits per heavy atom. The summed E-state index contributed by atoms with van der Waals surface area (Å²) in [7, 11) is 1.58. The molecular formula is C20H21FN4O. The van der Waals surface area contributed by atoms with Crippen LogP contribution in [0.25, 0.3) is 10.9 Å². The lowest BCUT2D eigenvalue weighted by molar-refractivity contribution is 0.398. The van der Waals surface area contributed by atoms with Crippen LogP contribution >= 0.6 is 0 Å². The number of benzene rings is 1. The van der Waals surface area contributed by atoms with Crippen molar-refractivity contribution >= 4 is 16.7 Å². The molecule has 1 aromatic carbocycles. The van der Waals surface area contributed by atoms with Gasteiger partial charge in [0.2, 0.25) is 5.88 Å². The molecule has 1 N–H and O–H groups in total. The van der Waals surface area contributed by atoms with Gasteiger partial charge in [0.25, 0.3) is 0 Å². The highest BCUT2D eigenvalue weighted by Gasteiger charge is 2.27. The Morgan fingerprint density at radius 3 is 2.77 bits per heavy atom. The summed E-state index contributed by atoms with van der Waals surface area (Å²) in [5.74, 6) is 2.16. The zero-order chi connectivity index (χ0) is 18.3. The molecule has 1 fully saturated rings. The number of halogens is 1. The lowest BCUT2D eigenvalue weighted by Crippen LogP contribution is -2.10. The Balaban J connectivity index is 1.69. The highest BCUT2D eigenvalue weighted by atomic mass is 19.1. The third-order valence-electron chi connectivity index (χ3n) is 4.77. The molecule has 2 heterocycles. The van der Waals surface area contributed by atoms with E-state index in [4.69, 9.17) is 4.74 Å². The third kappa shape index (κ3) is 3.19. The predicted octanol–water partition coefficient (Wildman–Crippen LogP) is 4.53. The molecular weight excluding hydrogens is 331 g/mol. The zero-order valence-corrected chi connectivity index (χ0v) is 15.1. The molecule has 3 aromatic rings. The van der Waals surface area contributed by atoms with E-state index in [2.05, 4.69) is 20.3 Å². The van der Waals surface area contributed by atoms with Crippen LogP contribution in [0.2, 0.25) is 0 Å². The number of ether oxygens (including phenoxy) is 1. The Hall–Kier alpha value is -2.76. The topological polar surface area (TPSA) is 59.9 Å². The third-order valence-corrected chi connectivity index (χ3v) is 4.77. The van der Waals surface area contributed by atoms with Gasteiger partial charge >= 0.3 is 0 Å². The van der Waals surface area contributed by atoms with Crippen LogP contribution in [0, 0.1) is 12.7 Å². The van der Waals surface area contributed by atoms with Gasteiger partial charge in [-0.3, -0.25) is 0 Å². The monoisotopic (exact) mass is 352 g/mol. The molecule has 6 heteroatoms. The predicted molar refractivity (Wildman–Crippen MR) is 99.0 cm³/mol. The molecule has 0 unspecified atom stereocenters. The molecule has 0 aliphatic heterocycles. The quantitative estimate of drug-likeness (QED) is 0.731. The van der Waals surface area contributed by atoms with Crippen molar-refractivity contribution in [2.45, 2.75) is 38.6 Å². The van der Waals surface area contributed by atoms with Gasteiger partial charge in [0.1, 0.15) is 17.5 Å². The number of nitrogens with one attached hydrogen (secondary N) is 1. The maximum atomic E-state index is 14.0. The summed E-state index contributed by atoms with van der Waals surface area (Å²) >= 11 is 0. The van der Waals surface area contributed by atoms with Crippen LogP contribution in [0.4, 0.5) is 10.2 Å². The first kappa shape index (κ1) is 16.7. The highest BCUT2D eigenvalue weighted by molar-refractivity contribution is 5.89. The van der Waals surface area contributed by atoms with Crippen molar-refractivity contribution in [1.29, 1.82) is 0 Å². The van der Waals surface area contributed by atoms with Gasteiger partial charge < -0.3 is 10.1 Å². The molecule has 134 valence electrons. The first-order chi connectivity index (χ1) is 12.5. The second kappa shape index (κ2) is 6.52. The molecule has 1 aliphatic rings. The lowest BCUT2D eigenvalue weighted by atomic mass is 10.0. The summed E-state index contributed by atoms with van der Waals surface area (Å²) in [6, 6.07) is 7.17. The molecule has 1 aliphatic carbocycles. The lowest BCUT2D eigenvalue weighted by Gasteiger charge is -2.18. The van der Waals surface area contributed by atoms with E-state index in [0.717, 1.165) is 40.7 Å². The normalized spacial score (nSPS) is 15.1. The Labute approximate surface area is 151 Å². The SMILES string of the molecule is COc1cc2c(N[C@H](C)c3ccc(F)c(C4CC4)c3)nc(C)nc2cn1. The molecule has 0 spiro atoms. The average Bonchev–Trinajstić information content (AvgIpc) is 3.46. The van der Waals surface area contributed by atoms with E-state index in [1.807, 2.05) is 32.0 Å². The van der Waals surface area contributed by atoms with Crippen LogP contribution in [0.3, 0.4) is 0 Å². The largest absolute Gasteiger partial charge is 0.481 e. The molecule has 1 saturated carbocycles. The summed E-state index contributed by atoms with van der Waals surface area (Å²) in [6.07, 6.45) is 3.83. The van der Waals surface area contributed by atoms with Crippen molar-refractivity contribution in [3.8, 4) is 5.88 Å². The maximum Gasteiger partial charge on any atom is 0.213 e. The van der Waals surface area contributed by atoms with Crippen molar-refractivity contribution in [2.24, 2.45) is 0 Å². The van der Waals surface area contributed by atoms with Crippen molar-refractivity contribution in [2.75, 3.05) is 12.4 Å². The Bertz CT molecular complexity index is 971. The van der Waals surface area contributed by atoms with Crippen LogP contribution in [-0.4, -0.2) is 22.1 Å². The number of pyridine rings is 1. The standard InChI is InChI=1S/C20H21FN4O/c1-11(14-6-7-17(21)15(8-14)13-4-5-13)23-20-16-9-19(26-3)22-10-18(16)24-12(2)25-20/h6-11,13H,4-5H2,1-3H3,(H,23,24,25)/t11-/m1/s1. The minimum absolute atomic E-state index is 0.0234. The number of hydrogen-bond acceptors (Lipinski definition) is 5. The summed E-state index contributed by atoms with van der Waals surface area (Å²) < 4.78 is 19.3. The van der Waals surface area contributed by atoms with E-state index in [1.165, 1.54) is 0 Å². The summed E-state index contributed by atoms with van der Waals surface area (Å²) in [5, 5.41) is 4.29. The van der Waals surface area contributed by atoms with Gasteiger partial charge in [0.15, 0.2) is 0 Å². The summed E-state index contributed by atoms with van der Waals surface area (Å²) in [4.78, 5) is 13.2. The fourth-order valence-corrected chi connectivity index (χ4v) is 3.18. The van der Waals surface area contributed by atoms with Gasteiger partial charge in [-0.1, -0.05) is 12.1 Å². The van der Waals surface area contributed by atoms with Gasteiger partial charge in [0.05, 0.1) is 18.8 Å². The fraction of sp³-hybridized carbons (Fsp3) is 0.350. The number of nitrogens with zero attached hydrogens (tertiary/aromatic N) is 3. The molecule has 0 saturated heterocycles. The first-order valence-electron chi connectivity index (χ1n) is 8.79. The van der Waals surface area contributed by atoms with E-state index >= 15 is 0 Å². The maximum absolute atomic E-state index is 14.0. The Kier molecular flexibility index (Phi) is 4.18. The van der Waals surface area contributed by atoms with E-state index in [1.54, 1.807) is 19.4 Å². The molecule has 5 nitrogen and oxygen atoms in total. The van der Waals surface area contributed by atoms with E-state index in [-0.39, 0.29) is 11.9 Å². The average molecular weight is 352 g/mol. The van der Waals surface area contributed by atoms with E-state index < -0.39 is 0 Å². The number of rotatable bonds is 5. The highest BCUT2D eigenvalue weighted by Crippen LogP contribution is 2.42. The van der Waals surface area contributed by atoms with Crippen LogP contribution in [-0.2, 0) is 0 Å². The molecule has 0 radical (unpaired) electrons. The second-order valence-corrected chi connectivity index (χ2v) is 6.78. The van der Waals surface area contributed by atoms with E-state index in [0.29, 0.717) is 17.6 Å². The summed E-state index contributed by atoms with van der Waals surface area (Å²) in [6.45, 7) is 3.90. The molecule has 26 heavy (non-hydrogen) atoms. The number of aromatic nitrogens is 3. The minimum Gasteiger partial charge on any atom is -0.481 e. The van der Waals surface area contributed by atoms with Gasteiger partial charge in [-0.05, 0) is 49.8 Å². The molecule has 1 atom stereocenters. The van der Waals surface area contributed by atoms with E-state index in [9.17, 15) is 4.39 Å². The van der Waals surface area contributed by atoms with Gasteiger partial charge in [-0.15, -0.1) is 0 Å². The minimum atomic E-state index is -0.109. The summed E-state index contributed by atoms with van der Waals surface area (Å²) in [5.41, 5.74) is 2.62. The van der Waals surface area contributed by atoms with Crippen molar-refractivity contribution in [3.63, 3.8) is 0 Å². The smallest absolute Gasteiger partial charge is 0.213 e. The number of aryl methyl sites for hydroxylation is 1. The zero-order valence-electron chi connectivity index (χ0n) is 15.1. The van der Waals surface area contributed by atoms with Crippen LogP contribution in [0.1, 0.15) is 48.7 Å². The number of fused-ring (bicyclic) bond motifs is 1. The molecule has 4 rings (SSSR count). The van der Waals surface area contributed by atoms with Crippen molar-refractivity contribution in [3.05, 3.63) is 53.2 Å². The fourth-order valence-electron chi connectivity index (χ4n) is 3.18. The molecule has 2 aromatic heterocycles. The van der Waals surface area contributed by atoms with Crippen LogP contribution in [0.15, 0.2) is 30.5 Å². The van der Waals surface area contributed by atoms with Gasteiger partial charge in [-0.2, -0.15) is 0 Å².